The summed E-state index contributed by atoms with van der Waals surface area (Å²) < 4.78 is 0. The lowest BCUT2D eigenvalue weighted by Crippen LogP contribution is -2.44. The van der Waals surface area contributed by atoms with E-state index in [1.54, 1.807) is 29.2 Å². The lowest BCUT2D eigenvalue weighted by molar-refractivity contribution is -0.120. The average Bonchev–Trinajstić information content (AvgIpc) is 3.42. The van der Waals surface area contributed by atoms with Gasteiger partial charge in [0.1, 0.15) is 5.41 Å². The Bertz CT molecular complexity index is 1860. The number of anilines is 1. The van der Waals surface area contributed by atoms with Crippen molar-refractivity contribution in [3.8, 4) is 0 Å². The number of amides is 1. The van der Waals surface area contributed by atoms with Crippen LogP contribution in [0.3, 0.4) is 0 Å². The van der Waals surface area contributed by atoms with Gasteiger partial charge in [-0.25, -0.2) is 0 Å². The van der Waals surface area contributed by atoms with Crippen molar-refractivity contribution in [1.82, 2.24) is 0 Å². The van der Waals surface area contributed by atoms with Gasteiger partial charge >= 0.3 is 0 Å². The summed E-state index contributed by atoms with van der Waals surface area (Å²) in [6.45, 7) is 4.15. The van der Waals surface area contributed by atoms with Crippen molar-refractivity contribution >= 4 is 44.5 Å². The van der Waals surface area contributed by atoms with Crippen LogP contribution in [0.1, 0.15) is 21.5 Å². The second-order valence-electron chi connectivity index (χ2n) is 9.13. The minimum atomic E-state index is -1.39. The molecule has 4 nitrogen and oxygen atoms in total. The average molecular weight is 453 g/mol. The maximum atomic E-state index is 14.5. The molecule has 5 aromatic carbocycles. The minimum absolute atomic E-state index is 0.209. The van der Waals surface area contributed by atoms with Gasteiger partial charge in [-0.3, -0.25) is 14.4 Å². The van der Waals surface area contributed by atoms with E-state index in [9.17, 15) is 14.4 Å². The summed E-state index contributed by atoms with van der Waals surface area (Å²) in [7, 11) is 0. The van der Waals surface area contributed by atoms with Gasteiger partial charge in [-0.15, -0.1) is 6.58 Å². The third kappa shape index (κ3) is 2.20. The van der Waals surface area contributed by atoms with Gasteiger partial charge in [-0.1, -0.05) is 84.9 Å². The molecule has 0 saturated carbocycles. The first kappa shape index (κ1) is 19.9. The largest absolute Gasteiger partial charge is 0.307 e. The molecule has 1 spiro atoms. The molecule has 0 radical (unpaired) electrons. The van der Waals surface area contributed by atoms with Crippen molar-refractivity contribution in [1.29, 1.82) is 0 Å². The van der Waals surface area contributed by atoms with Gasteiger partial charge in [0, 0.05) is 44.9 Å². The Hall–Kier alpha value is -4.57. The Labute approximate surface area is 200 Å². The molecule has 1 unspecified atom stereocenters. The molecule has 0 saturated heterocycles. The zero-order chi connectivity index (χ0) is 23.9. The fraction of sp³-hybridized carbons (Fsp3) is 0.0645. The predicted octanol–water partition coefficient (Wildman–Crippen LogP) is 4.38. The first-order valence-corrected chi connectivity index (χ1v) is 11.6. The smallest absolute Gasteiger partial charge is 0.247 e. The molecule has 1 heterocycles. The summed E-state index contributed by atoms with van der Waals surface area (Å²) in [5.41, 5.74) is 1.23. The highest BCUT2D eigenvalue weighted by atomic mass is 16.2. The molecule has 1 aliphatic carbocycles. The van der Waals surface area contributed by atoms with E-state index in [0.29, 0.717) is 33.7 Å². The molecule has 1 amide bonds. The summed E-state index contributed by atoms with van der Waals surface area (Å²) in [6.07, 6.45) is 1.68. The van der Waals surface area contributed by atoms with Crippen LogP contribution in [-0.4, -0.2) is 18.2 Å². The number of para-hydroxylation sites is 1. The lowest BCUT2D eigenvalue weighted by atomic mass is 9.72. The standard InChI is InChI=1S/C31H19NO3/c1-2-17-32-24-16-6-5-15-23(24)31(30(32)35)22-14-4-3-11-19(22)29(34)27(31)26-20-12-7-9-18-10-8-13-21(25(18)20)28(26)33/h2-16H,1,17H2/b27-26-. The molecule has 0 aromatic heterocycles. The van der Waals surface area contributed by atoms with Gasteiger partial charge in [0.05, 0.1) is 0 Å². The molecule has 1 aliphatic heterocycles. The molecule has 0 N–H and O–H groups in total. The van der Waals surface area contributed by atoms with E-state index in [1.807, 2.05) is 66.7 Å². The number of carbonyl (C=O) groups is 2. The molecule has 2 aliphatic rings. The van der Waals surface area contributed by atoms with Crippen molar-refractivity contribution in [2.24, 2.45) is 0 Å². The van der Waals surface area contributed by atoms with Crippen LogP contribution in [0.2, 0.25) is 0 Å². The molecule has 0 bridgehead atoms. The summed E-state index contributed by atoms with van der Waals surface area (Å²) >= 11 is 0. The van der Waals surface area contributed by atoms with Crippen molar-refractivity contribution in [2.45, 2.75) is 5.41 Å². The van der Waals surface area contributed by atoms with E-state index in [1.165, 1.54) is 0 Å². The van der Waals surface area contributed by atoms with Crippen LogP contribution in [0.4, 0.5) is 5.69 Å². The van der Waals surface area contributed by atoms with Crippen molar-refractivity contribution < 1.29 is 9.59 Å². The van der Waals surface area contributed by atoms with Crippen LogP contribution in [-0.2, 0) is 10.2 Å². The molecule has 166 valence electrons. The number of nitrogens with zero attached hydrogens (tertiary/aromatic N) is 1. The number of carbonyl (C=O) groups excluding carboxylic acids is 2. The lowest BCUT2D eigenvalue weighted by Gasteiger charge is -2.26. The summed E-state index contributed by atoms with van der Waals surface area (Å²) in [6, 6.07) is 26.2. The van der Waals surface area contributed by atoms with E-state index >= 15 is 0 Å². The SMILES string of the molecule is C=CCN1C(=O)C2(/C(=c3\c(=O)c4cccc5cccc3c54)C(=O)c3ccccc32)c2ccccc21. The van der Waals surface area contributed by atoms with E-state index in [4.69, 9.17) is 0 Å². The monoisotopic (exact) mass is 453 g/mol. The summed E-state index contributed by atoms with van der Waals surface area (Å²) in [5.74, 6) is -0.493. The maximum Gasteiger partial charge on any atom is 0.247 e. The quantitative estimate of drug-likeness (QED) is 0.373. The van der Waals surface area contributed by atoms with Crippen LogP contribution in [0.25, 0.3) is 27.1 Å². The topological polar surface area (TPSA) is 54.5 Å². The molecule has 5 aromatic rings. The first-order chi connectivity index (χ1) is 17.1. The Morgan fingerprint density at radius 3 is 2.23 bits per heavy atom. The summed E-state index contributed by atoms with van der Waals surface area (Å²) in [4.78, 5) is 44.3. The van der Waals surface area contributed by atoms with Gasteiger partial charge in [0.25, 0.3) is 0 Å². The first-order valence-electron chi connectivity index (χ1n) is 11.6. The highest BCUT2D eigenvalue weighted by Crippen LogP contribution is 2.56. The number of fused-ring (bicyclic) bond motifs is 4. The Balaban J connectivity index is 1.77. The Morgan fingerprint density at radius 1 is 0.771 bits per heavy atom. The van der Waals surface area contributed by atoms with Crippen LogP contribution in [0.5, 0.6) is 0 Å². The zero-order valence-electron chi connectivity index (χ0n) is 18.7. The number of rotatable bonds is 2. The van der Waals surface area contributed by atoms with Gasteiger partial charge in [0.15, 0.2) is 11.2 Å². The normalized spacial score (nSPS) is 20.3. The summed E-state index contributed by atoms with van der Waals surface area (Å²) in [5, 5.41) is 3.39. The molecule has 35 heavy (non-hydrogen) atoms. The second-order valence-corrected chi connectivity index (χ2v) is 9.13. The molecule has 1 atom stereocenters. The third-order valence-electron chi connectivity index (χ3n) is 7.55. The zero-order valence-corrected chi connectivity index (χ0v) is 18.7. The molecular weight excluding hydrogens is 434 g/mol. The number of hydrogen-bond acceptors (Lipinski definition) is 3. The molecular formula is C31H19NO3. The Morgan fingerprint density at radius 2 is 1.46 bits per heavy atom. The highest BCUT2D eigenvalue weighted by molar-refractivity contribution is 6.41. The highest BCUT2D eigenvalue weighted by Gasteiger charge is 2.61. The Kier molecular flexibility index (Phi) is 3.82. The minimum Gasteiger partial charge on any atom is -0.307 e. The van der Waals surface area contributed by atoms with E-state index in [-0.39, 0.29) is 22.7 Å². The van der Waals surface area contributed by atoms with Crippen LogP contribution < -0.4 is 15.5 Å². The number of benzene rings is 4. The van der Waals surface area contributed by atoms with E-state index < -0.39 is 5.41 Å². The molecule has 7 rings (SSSR count). The molecule has 4 heteroatoms. The van der Waals surface area contributed by atoms with Gasteiger partial charge < -0.3 is 4.90 Å². The third-order valence-corrected chi connectivity index (χ3v) is 7.55. The van der Waals surface area contributed by atoms with Crippen molar-refractivity contribution in [3.05, 3.63) is 130 Å². The van der Waals surface area contributed by atoms with Crippen LogP contribution in [0, 0.1) is 0 Å². The van der Waals surface area contributed by atoms with Crippen molar-refractivity contribution in [3.63, 3.8) is 0 Å². The second kappa shape index (κ2) is 6.73. The number of Topliss-reactive ketones (excluding diaryl/α,β-unsaturated/α-hetero) is 1. The van der Waals surface area contributed by atoms with Crippen LogP contribution >= 0.6 is 0 Å². The fourth-order valence-corrected chi connectivity index (χ4v) is 6.26. The van der Waals surface area contributed by atoms with Gasteiger partial charge in [-0.2, -0.15) is 0 Å². The van der Waals surface area contributed by atoms with Gasteiger partial charge in [0.2, 0.25) is 5.91 Å². The van der Waals surface area contributed by atoms with E-state index in [0.717, 1.165) is 22.0 Å². The predicted molar refractivity (Wildman–Crippen MR) is 138 cm³/mol. The number of hydrogen-bond donors (Lipinski definition) is 0. The maximum absolute atomic E-state index is 14.5. The van der Waals surface area contributed by atoms with E-state index in [2.05, 4.69) is 6.58 Å². The van der Waals surface area contributed by atoms with Crippen molar-refractivity contribution in [2.75, 3.05) is 11.4 Å². The fourth-order valence-electron chi connectivity index (χ4n) is 6.26. The van der Waals surface area contributed by atoms with Crippen LogP contribution in [0.15, 0.2) is 102 Å². The molecule has 0 fully saturated rings. The van der Waals surface area contributed by atoms with Gasteiger partial charge in [-0.05, 0) is 22.4 Å². The number of ketones is 1.